The van der Waals surface area contributed by atoms with Gasteiger partial charge >= 0.3 is 29.6 Å². The summed E-state index contributed by atoms with van der Waals surface area (Å²) in [5.41, 5.74) is 0.402. The molecule has 0 N–H and O–H groups in total. The van der Waals surface area contributed by atoms with Gasteiger partial charge in [-0.3, -0.25) is 4.21 Å². The zero-order chi connectivity index (χ0) is 13.8. The monoisotopic (exact) mass is 306 g/mol. The first kappa shape index (κ1) is 17.3. The Hall–Kier alpha value is -0.790. The van der Waals surface area contributed by atoms with Crippen LogP contribution in [-0.4, -0.2) is 8.76 Å². The Morgan fingerprint density at radius 2 is 1.85 bits per heavy atom. The van der Waals surface area contributed by atoms with E-state index in [0.717, 1.165) is 12.1 Å². The van der Waals surface area contributed by atoms with E-state index in [1.165, 1.54) is 6.07 Å². The number of halogens is 2. The van der Waals surface area contributed by atoms with Gasteiger partial charge in [0.1, 0.15) is 12.4 Å². The molecule has 0 heterocycles. The van der Waals surface area contributed by atoms with Crippen LogP contribution in [0, 0.1) is 11.6 Å². The first-order valence-corrected chi connectivity index (χ1v) is 6.40. The molecule has 3 nitrogen and oxygen atoms in total. The quantitative estimate of drug-likeness (QED) is 0.580. The minimum absolute atomic E-state index is 0. The van der Waals surface area contributed by atoms with Gasteiger partial charge in [-0.15, -0.1) is 0 Å². The number of benzene rings is 2. The summed E-state index contributed by atoms with van der Waals surface area (Å²) in [4.78, 5) is 0.0880. The van der Waals surface area contributed by atoms with Crippen molar-refractivity contribution in [1.29, 1.82) is 0 Å². The average Bonchev–Trinajstić information content (AvgIpc) is 2.38. The summed E-state index contributed by atoms with van der Waals surface area (Å²) >= 11 is -2.39. The molecule has 20 heavy (non-hydrogen) atoms. The van der Waals surface area contributed by atoms with Gasteiger partial charge in [0, 0.05) is 16.5 Å². The predicted molar refractivity (Wildman–Crippen MR) is 64.3 cm³/mol. The molecule has 0 amide bonds. The third-order valence-corrected chi connectivity index (χ3v) is 3.19. The van der Waals surface area contributed by atoms with Crippen LogP contribution < -0.4 is 34.3 Å². The van der Waals surface area contributed by atoms with E-state index in [1.807, 2.05) is 0 Å². The van der Waals surface area contributed by atoms with Crippen LogP contribution in [0.2, 0.25) is 0 Å². The molecule has 0 saturated heterocycles. The Labute approximate surface area is 139 Å². The largest absolute Gasteiger partial charge is 1.00 e. The van der Waals surface area contributed by atoms with E-state index in [9.17, 15) is 17.5 Å². The minimum atomic E-state index is -2.39. The Morgan fingerprint density at radius 1 is 1.15 bits per heavy atom. The maximum atomic E-state index is 13.3. The maximum Gasteiger partial charge on any atom is 1.00 e. The van der Waals surface area contributed by atoms with Crippen LogP contribution in [-0.2, 0) is 17.7 Å². The van der Waals surface area contributed by atoms with E-state index in [-0.39, 0.29) is 46.8 Å². The molecular weight excluding hydrogens is 297 g/mol. The van der Waals surface area contributed by atoms with Crippen molar-refractivity contribution in [2.24, 2.45) is 0 Å². The van der Waals surface area contributed by atoms with Crippen LogP contribution >= 0.6 is 0 Å². The van der Waals surface area contributed by atoms with Crippen molar-refractivity contribution in [3.8, 4) is 5.75 Å². The molecule has 100 valence electrons. The first-order valence-electron chi connectivity index (χ1n) is 5.33. The molecular formula is C13H9F2NaO3S. The Bertz CT molecular complexity index is 622. The summed E-state index contributed by atoms with van der Waals surface area (Å²) in [5, 5.41) is 0. The van der Waals surface area contributed by atoms with Crippen LogP contribution in [0.3, 0.4) is 0 Å². The Balaban J connectivity index is 0.00000200. The Morgan fingerprint density at radius 3 is 2.50 bits per heavy atom. The molecule has 0 aromatic heterocycles. The third kappa shape index (κ3) is 4.36. The van der Waals surface area contributed by atoms with Crippen LogP contribution in [0.15, 0.2) is 47.4 Å². The molecule has 7 heteroatoms. The van der Waals surface area contributed by atoms with Crippen molar-refractivity contribution >= 4 is 11.1 Å². The fourth-order valence-electron chi connectivity index (χ4n) is 1.53. The summed E-state index contributed by atoms with van der Waals surface area (Å²) in [7, 11) is 0. The average molecular weight is 306 g/mol. The first-order chi connectivity index (χ1) is 9.08. The van der Waals surface area contributed by atoms with Gasteiger partial charge in [0.25, 0.3) is 0 Å². The zero-order valence-electron chi connectivity index (χ0n) is 10.6. The number of hydrogen-bond acceptors (Lipinski definition) is 3. The second-order valence-corrected chi connectivity index (χ2v) is 4.62. The summed E-state index contributed by atoms with van der Waals surface area (Å²) < 4.78 is 53.1. The van der Waals surface area contributed by atoms with E-state index in [0.29, 0.717) is 11.6 Å². The molecule has 1 unspecified atom stereocenters. The van der Waals surface area contributed by atoms with Crippen LogP contribution in [0.4, 0.5) is 8.78 Å². The van der Waals surface area contributed by atoms with Gasteiger partial charge in [0.15, 0.2) is 11.6 Å². The number of ether oxygens (including phenoxy) is 1. The van der Waals surface area contributed by atoms with E-state index >= 15 is 0 Å². The van der Waals surface area contributed by atoms with Gasteiger partial charge in [-0.25, -0.2) is 8.78 Å². The fourth-order valence-corrected chi connectivity index (χ4v) is 2.06. The van der Waals surface area contributed by atoms with Gasteiger partial charge in [0.05, 0.1) is 0 Å². The molecule has 0 spiro atoms. The topological polar surface area (TPSA) is 49.4 Å². The molecule has 2 rings (SSSR count). The van der Waals surface area contributed by atoms with E-state index in [4.69, 9.17) is 4.74 Å². The van der Waals surface area contributed by atoms with E-state index < -0.39 is 22.7 Å². The van der Waals surface area contributed by atoms with Crippen molar-refractivity contribution in [1.82, 2.24) is 0 Å². The van der Waals surface area contributed by atoms with Gasteiger partial charge in [-0.2, -0.15) is 0 Å². The van der Waals surface area contributed by atoms with Gasteiger partial charge in [0.2, 0.25) is 0 Å². The summed E-state index contributed by atoms with van der Waals surface area (Å²) in [6, 6.07) is 9.13. The summed E-state index contributed by atoms with van der Waals surface area (Å²) in [5.74, 6) is -1.67. The molecule has 0 saturated carbocycles. The summed E-state index contributed by atoms with van der Waals surface area (Å²) in [6.07, 6.45) is 0. The fraction of sp³-hybridized carbons (Fsp3) is 0.0769. The van der Waals surface area contributed by atoms with Crippen molar-refractivity contribution < 1.29 is 51.8 Å². The van der Waals surface area contributed by atoms with Crippen molar-refractivity contribution in [2.75, 3.05) is 0 Å². The van der Waals surface area contributed by atoms with Gasteiger partial charge < -0.3 is 9.29 Å². The normalized spacial score (nSPS) is 11.6. The van der Waals surface area contributed by atoms with Crippen molar-refractivity contribution in [3.05, 3.63) is 59.7 Å². The number of hydrogen-bond donors (Lipinski definition) is 0. The predicted octanol–water partition coefficient (Wildman–Crippen LogP) is -0.214. The van der Waals surface area contributed by atoms with Crippen LogP contribution in [0.5, 0.6) is 5.75 Å². The van der Waals surface area contributed by atoms with E-state index in [1.54, 1.807) is 18.2 Å². The molecule has 0 radical (unpaired) electrons. The van der Waals surface area contributed by atoms with E-state index in [2.05, 4.69) is 0 Å². The molecule has 0 aliphatic heterocycles. The molecule has 0 bridgehead atoms. The van der Waals surface area contributed by atoms with Crippen molar-refractivity contribution in [3.63, 3.8) is 0 Å². The van der Waals surface area contributed by atoms with Gasteiger partial charge in [-0.1, -0.05) is 18.2 Å². The molecule has 2 aromatic rings. The minimum Gasteiger partial charge on any atom is -0.768 e. The van der Waals surface area contributed by atoms with Crippen LogP contribution in [0.25, 0.3) is 0 Å². The maximum absolute atomic E-state index is 13.3. The molecule has 0 fully saturated rings. The number of rotatable bonds is 4. The Kier molecular flexibility index (Phi) is 6.78. The molecule has 0 aliphatic carbocycles. The second-order valence-electron chi connectivity index (χ2n) is 3.71. The van der Waals surface area contributed by atoms with Crippen molar-refractivity contribution in [2.45, 2.75) is 11.5 Å². The van der Waals surface area contributed by atoms with Gasteiger partial charge in [-0.05, 0) is 29.3 Å². The zero-order valence-corrected chi connectivity index (χ0v) is 13.5. The molecule has 0 aliphatic rings. The second kappa shape index (κ2) is 7.85. The third-order valence-electron chi connectivity index (χ3n) is 2.43. The SMILES string of the molecule is O=S([O-])c1ccccc1COc1ccc(F)cc1F.[Na+]. The molecule has 2 aromatic carbocycles. The van der Waals surface area contributed by atoms with Crippen LogP contribution in [0.1, 0.15) is 5.56 Å². The smallest absolute Gasteiger partial charge is 0.768 e. The molecule has 1 atom stereocenters. The standard InChI is InChI=1S/C13H10F2O3S.Na/c14-10-5-6-12(11(15)7-10)18-8-9-3-1-2-4-13(9)19(16)17;/h1-7H,8H2,(H,16,17);/q;+1/p-1. The summed E-state index contributed by atoms with van der Waals surface area (Å²) in [6.45, 7) is -0.118.